The number of carbonyl (C=O) groups excluding carboxylic acids is 1. The first-order valence-electron chi connectivity index (χ1n) is 7.69. The fourth-order valence-electron chi connectivity index (χ4n) is 3.48. The van der Waals surface area contributed by atoms with Crippen molar-refractivity contribution in [1.82, 2.24) is 4.90 Å². The summed E-state index contributed by atoms with van der Waals surface area (Å²) < 4.78 is 0. The van der Waals surface area contributed by atoms with Gasteiger partial charge in [0.2, 0.25) is 5.91 Å². The van der Waals surface area contributed by atoms with E-state index < -0.39 is 5.41 Å². The number of amidine groups is 1. The first-order valence-corrected chi connectivity index (χ1v) is 7.69. The van der Waals surface area contributed by atoms with E-state index in [0.29, 0.717) is 18.8 Å². The van der Waals surface area contributed by atoms with Crippen molar-refractivity contribution in [1.29, 1.82) is 0 Å². The van der Waals surface area contributed by atoms with Crippen LogP contribution in [0.4, 0.5) is 0 Å². The van der Waals surface area contributed by atoms with Gasteiger partial charge in [-0.1, -0.05) is 38.8 Å². The second-order valence-corrected chi connectivity index (χ2v) is 6.02. The third-order valence-electron chi connectivity index (χ3n) is 5.10. The molecule has 0 spiro atoms. The molecule has 0 aromatic rings. The minimum absolute atomic E-state index is 0.0171. The van der Waals surface area contributed by atoms with Crippen LogP contribution in [-0.4, -0.2) is 34.9 Å². The standard InChI is InChI=1S/C15H29N3O2/c1-5-15(6-2,13(16)17-20)14(19)18(4)12-10-8-7-9-11(12)3/h11-12,20H,5-10H2,1-4H3,(H2,16,17). The highest BCUT2D eigenvalue weighted by Crippen LogP contribution is 2.34. The quantitative estimate of drug-likeness (QED) is 0.352. The van der Waals surface area contributed by atoms with Crippen molar-refractivity contribution in [3.63, 3.8) is 0 Å². The molecule has 20 heavy (non-hydrogen) atoms. The summed E-state index contributed by atoms with van der Waals surface area (Å²) in [5, 5.41) is 12.1. The van der Waals surface area contributed by atoms with Gasteiger partial charge in [-0.25, -0.2) is 0 Å². The molecule has 1 saturated carbocycles. The second-order valence-electron chi connectivity index (χ2n) is 6.02. The SMILES string of the molecule is CCC(CC)(C(=O)N(C)C1CCCCC1C)C(N)=NO. The molecule has 0 aromatic heterocycles. The number of rotatable bonds is 5. The lowest BCUT2D eigenvalue weighted by molar-refractivity contribution is -0.141. The largest absolute Gasteiger partial charge is 0.409 e. The summed E-state index contributed by atoms with van der Waals surface area (Å²) >= 11 is 0. The lowest BCUT2D eigenvalue weighted by Gasteiger charge is -2.41. The minimum atomic E-state index is -0.874. The number of oxime groups is 1. The molecule has 0 saturated heterocycles. The molecule has 0 bridgehead atoms. The molecular formula is C15H29N3O2. The fourth-order valence-corrected chi connectivity index (χ4v) is 3.48. The summed E-state index contributed by atoms with van der Waals surface area (Å²) in [6, 6.07) is 0.264. The second kappa shape index (κ2) is 6.95. The molecule has 1 aliphatic rings. The maximum atomic E-state index is 12.9. The van der Waals surface area contributed by atoms with Crippen LogP contribution in [0.15, 0.2) is 5.16 Å². The number of nitrogens with two attached hydrogens (primary N) is 1. The molecular weight excluding hydrogens is 254 g/mol. The van der Waals surface area contributed by atoms with Gasteiger partial charge in [0.05, 0.1) is 0 Å². The molecule has 5 heteroatoms. The maximum absolute atomic E-state index is 12.9. The van der Waals surface area contributed by atoms with Gasteiger partial charge in [0.1, 0.15) is 5.41 Å². The van der Waals surface area contributed by atoms with Crippen LogP contribution in [0.1, 0.15) is 59.3 Å². The molecule has 1 aliphatic carbocycles. The third-order valence-corrected chi connectivity index (χ3v) is 5.10. The summed E-state index contributed by atoms with van der Waals surface area (Å²) in [4.78, 5) is 14.8. The van der Waals surface area contributed by atoms with E-state index in [4.69, 9.17) is 10.9 Å². The van der Waals surface area contributed by atoms with Crippen LogP contribution in [0.5, 0.6) is 0 Å². The Morgan fingerprint density at radius 1 is 1.35 bits per heavy atom. The van der Waals surface area contributed by atoms with Crippen LogP contribution >= 0.6 is 0 Å². The van der Waals surface area contributed by atoms with Gasteiger partial charge >= 0.3 is 0 Å². The molecule has 0 aromatic carbocycles. The Hall–Kier alpha value is -1.26. The van der Waals surface area contributed by atoms with Gasteiger partial charge in [0.15, 0.2) is 5.84 Å². The Labute approximate surface area is 122 Å². The number of hydrogen-bond acceptors (Lipinski definition) is 3. The number of hydrogen-bond donors (Lipinski definition) is 2. The molecule has 0 heterocycles. The van der Waals surface area contributed by atoms with Gasteiger partial charge in [-0.2, -0.15) is 0 Å². The predicted octanol–water partition coefficient (Wildman–Crippen LogP) is 2.58. The van der Waals surface area contributed by atoms with Crippen LogP contribution in [0.25, 0.3) is 0 Å². The monoisotopic (exact) mass is 283 g/mol. The third kappa shape index (κ3) is 2.91. The van der Waals surface area contributed by atoms with E-state index in [-0.39, 0.29) is 17.8 Å². The molecule has 0 radical (unpaired) electrons. The molecule has 3 N–H and O–H groups in total. The Morgan fingerprint density at radius 2 is 1.90 bits per heavy atom. The first kappa shape index (κ1) is 16.8. The van der Waals surface area contributed by atoms with Gasteiger partial charge < -0.3 is 15.8 Å². The van der Waals surface area contributed by atoms with E-state index in [1.807, 2.05) is 25.8 Å². The highest BCUT2D eigenvalue weighted by molar-refractivity contribution is 6.06. The van der Waals surface area contributed by atoms with E-state index in [0.717, 1.165) is 12.8 Å². The molecule has 1 fully saturated rings. The number of carbonyl (C=O) groups is 1. The van der Waals surface area contributed by atoms with Crippen molar-refractivity contribution >= 4 is 11.7 Å². The maximum Gasteiger partial charge on any atom is 0.236 e. The molecule has 5 nitrogen and oxygen atoms in total. The van der Waals surface area contributed by atoms with E-state index in [9.17, 15) is 4.79 Å². The summed E-state index contributed by atoms with van der Waals surface area (Å²) in [6.07, 6.45) is 5.71. The van der Waals surface area contributed by atoms with E-state index >= 15 is 0 Å². The van der Waals surface area contributed by atoms with E-state index in [1.54, 1.807) is 0 Å². The van der Waals surface area contributed by atoms with Crippen LogP contribution in [0.2, 0.25) is 0 Å². The average Bonchev–Trinajstić information content (AvgIpc) is 2.48. The zero-order chi connectivity index (χ0) is 15.3. The van der Waals surface area contributed by atoms with Gasteiger partial charge in [-0.3, -0.25) is 4.79 Å². The van der Waals surface area contributed by atoms with E-state index in [1.165, 1.54) is 12.8 Å². The fraction of sp³-hybridized carbons (Fsp3) is 0.867. The van der Waals surface area contributed by atoms with Crippen LogP contribution in [-0.2, 0) is 4.79 Å². The van der Waals surface area contributed by atoms with Crippen LogP contribution < -0.4 is 5.73 Å². The highest BCUT2D eigenvalue weighted by Gasteiger charge is 2.44. The van der Waals surface area contributed by atoms with E-state index in [2.05, 4.69) is 12.1 Å². The topological polar surface area (TPSA) is 78.9 Å². The Morgan fingerprint density at radius 3 is 2.35 bits per heavy atom. The van der Waals surface area contributed by atoms with Crippen molar-refractivity contribution in [3.05, 3.63) is 0 Å². The van der Waals surface area contributed by atoms with Crippen LogP contribution in [0.3, 0.4) is 0 Å². The highest BCUT2D eigenvalue weighted by atomic mass is 16.4. The molecule has 1 rings (SSSR count). The zero-order valence-corrected chi connectivity index (χ0v) is 13.2. The minimum Gasteiger partial charge on any atom is -0.409 e. The first-order chi connectivity index (χ1) is 9.44. The van der Waals surface area contributed by atoms with Crippen LogP contribution in [0, 0.1) is 11.3 Å². The molecule has 116 valence electrons. The number of nitrogens with zero attached hydrogens (tertiary/aromatic N) is 2. The van der Waals surface area contributed by atoms with Gasteiger partial charge in [0, 0.05) is 13.1 Å². The summed E-state index contributed by atoms with van der Waals surface area (Å²) in [5.41, 5.74) is 4.95. The van der Waals surface area contributed by atoms with Crippen molar-refractivity contribution in [2.75, 3.05) is 7.05 Å². The Bertz CT molecular complexity index is 364. The normalized spacial score (nSPS) is 24.5. The molecule has 2 unspecified atom stereocenters. The Kier molecular flexibility index (Phi) is 5.84. The van der Waals surface area contributed by atoms with Crippen molar-refractivity contribution in [3.8, 4) is 0 Å². The summed E-state index contributed by atoms with van der Waals surface area (Å²) in [5.74, 6) is 0.524. The Balaban J connectivity index is 3.00. The smallest absolute Gasteiger partial charge is 0.236 e. The van der Waals surface area contributed by atoms with Gasteiger partial charge in [0.25, 0.3) is 0 Å². The summed E-state index contributed by atoms with van der Waals surface area (Å²) in [6.45, 7) is 6.03. The lowest BCUT2D eigenvalue weighted by atomic mass is 9.77. The van der Waals surface area contributed by atoms with Crippen molar-refractivity contribution in [2.24, 2.45) is 22.2 Å². The average molecular weight is 283 g/mol. The van der Waals surface area contributed by atoms with Crippen molar-refractivity contribution < 1.29 is 10.0 Å². The van der Waals surface area contributed by atoms with Crippen molar-refractivity contribution in [2.45, 2.75) is 65.3 Å². The lowest BCUT2D eigenvalue weighted by Crippen LogP contribution is -2.54. The molecule has 2 atom stereocenters. The number of amides is 1. The summed E-state index contributed by atoms with van der Waals surface area (Å²) in [7, 11) is 1.86. The molecule has 0 aliphatic heterocycles. The zero-order valence-electron chi connectivity index (χ0n) is 13.2. The molecule has 1 amide bonds. The van der Waals surface area contributed by atoms with Gasteiger partial charge in [-0.15, -0.1) is 0 Å². The van der Waals surface area contributed by atoms with Gasteiger partial charge in [-0.05, 0) is 31.6 Å². The predicted molar refractivity (Wildman–Crippen MR) is 80.6 cm³/mol.